The highest BCUT2D eigenvalue weighted by Crippen LogP contribution is 2.27. The van der Waals surface area contributed by atoms with Crippen molar-refractivity contribution in [1.82, 2.24) is 14.9 Å². The molecular formula is C14H18FN3. The number of para-hydroxylation sites is 1. The maximum atomic E-state index is 13.8. The summed E-state index contributed by atoms with van der Waals surface area (Å²) in [6, 6.07) is 5.48. The van der Waals surface area contributed by atoms with Gasteiger partial charge in [0.15, 0.2) is 5.82 Å². The zero-order valence-corrected chi connectivity index (χ0v) is 10.6. The SMILES string of the molecule is CCCn1c(C2CCCN2)nc2c(F)cccc21. The van der Waals surface area contributed by atoms with Gasteiger partial charge in [0.05, 0.1) is 11.6 Å². The summed E-state index contributed by atoms with van der Waals surface area (Å²) in [5.41, 5.74) is 1.43. The quantitative estimate of drug-likeness (QED) is 0.903. The number of aromatic nitrogens is 2. The van der Waals surface area contributed by atoms with E-state index in [1.165, 1.54) is 12.5 Å². The lowest BCUT2D eigenvalue weighted by atomic mass is 10.2. The van der Waals surface area contributed by atoms with E-state index in [-0.39, 0.29) is 11.9 Å². The summed E-state index contributed by atoms with van der Waals surface area (Å²) < 4.78 is 16.0. The smallest absolute Gasteiger partial charge is 0.151 e. The van der Waals surface area contributed by atoms with Crippen LogP contribution in [0.5, 0.6) is 0 Å². The molecule has 96 valence electrons. The summed E-state index contributed by atoms with van der Waals surface area (Å²) in [6.45, 7) is 4.06. The number of hydrogen-bond donors (Lipinski definition) is 1. The van der Waals surface area contributed by atoms with E-state index in [9.17, 15) is 4.39 Å². The van der Waals surface area contributed by atoms with Gasteiger partial charge in [0.1, 0.15) is 11.3 Å². The fourth-order valence-electron chi connectivity index (χ4n) is 2.76. The molecule has 18 heavy (non-hydrogen) atoms. The molecule has 4 heteroatoms. The number of aryl methyl sites for hydroxylation is 1. The highest BCUT2D eigenvalue weighted by Gasteiger charge is 2.23. The number of halogens is 1. The van der Waals surface area contributed by atoms with Crippen LogP contribution in [0.1, 0.15) is 38.1 Å². The molecule has 1 fully saturated rings. The van der Waals surface area contributed by atoms with Gasteiger partial charge in [-0.3, -0.25) is 0 Å². The van der Waals surface area contributed by atoms with Crippen molar-refractivity contribution in [3.63, 3.8) is 0 Å². The van der Waals surface area contributed by atoms with Crippen LogP contribution < -0.4 is 5.32 Å². The van der Waals surface area contributed by atoms with E-state index in [1.54, 1.807) is 6.07 Å². The molecule has 3 rings (SSSR count). The molecule has 2 aromatic rings. The fourth-order valence-corrected chi connectivity index (χ4v) is 2.76. The van der Waals surface area contributed by atoms with Crippen molar-refractivity contribution in [2.45, 2.75) is 38.8 Å². The predicted molar refractivity (Wildman–Crippen MR) is 70.0 cm³/mol. The monoisotopic (exact) mass is 247 g/mol. The van der Waals surface area contributed by atoms with Crippen LogP contribution >= 0.6 is 0 Å². The molecule has 3 nitrogen and oxygen atoms in total. The van der Waals surface area contributed by atoms with Crippen LogP contribution in [0.3, 0.4) is 0 Å². The van der Waals surface area contributed by atoms with Crippen LogP contribution in [0.2, 0.25) is 0 Å². The van der Waals surface area contributed by atoms with E-state index in [1.807, 2.05) is 6.07 Å². The van der Waals surface area contributed by atoms with Gasteiger partial charge in [-0.1, -0.05) is 13.0 Å². The number of nitrogens with one attached hydrogen (secondary N) is 1. The first kappa shape index (κ1) is 11.7. The molecule has 1 atom stereocenters. The lowest BCUT2D eigenvalue weighted by Gasteiger charge is -2.13. The van der Waals surface area contributed by atoms with Gasteiger partial charge in [-0.15, -0.1) is 0 Å². The number of nitrogens with zero attached hydrogens (tertiary/aromatic N) is 2. The Morgan fingerprint density at radius 3 is 3.11 bits per heavy atom. The van der Waals surface area contributed by atoms with Crippen molar-refractivity contribution in [3.8, 4) is 0 Å². The van der Waals surface area contributed by atoms with E-state index in [0.717, 1.165) is 37.3 Å². The Hall–Kier alpha value is -1.42. The standard InChI is InChI=1S/C14H18FN3/c1-2-9-18-12-7-3-5-10(15)13(12)17-14(18)11-6-4-8-16-11/h3,5,7,11,16H,2,4,6,8-9H2,1H3. The Bertz CT molecular complexity index is 555. The summed E-state index contributed by atoms with van der Waals surface area (Å²) in [4.78, 5) is 4.54. The molecule has 0 aliphatic carbocycles. The number of imidazole rings is 1. The minimum Gasteiger partial charge on any atom is -0.327 e. The topological polar surface area (TPSA) is 29.9 Å². The summed E-state index contributed by atoms with van der Waals surface area (Å²) in [7, 11) is 0. The maximum absolute atomic E-state index is 13.8. The van der Waals surface area contributed by atoms with Crippen molar-refractivity contribution >= 4 is 11.0 Å². The van der Waals surface area contributed by atoms with Gasteiger partial charge >= 0.3 is 0 Å². The second kappa shape index (κ2) is 4.69. The third-order valence-corrected chi connectivity index (χ3v) is 3.58. The van der Waals surface area contributed by atoms with Gasteiger partial charge in [0, 0.05) is 6.54 Å². The fraction of sp³-hybridized carbons (Fsp3) is 0.500. The number of fused-ring (bicyclic) bond motifs is 1. The molecule has 0 saturated carbocycles. The van der Waals surface area contributed by atoms with E-state index < -0.39 is 0 Å². The summed E-state index contributed by atoms with van der Waals surface area (Å²) >= 11 is 0. The average Bonchev–Trinajstić information content (AvgIpc) is 2.98. The van der Waals surface area contributed by atoms with Crippen LogP contribution in [0.15, 0.2) is 18.2 Å². The van der Waals surface area contributed by atoms with Crippen LogP contribution in [0.4, 0.5) is 4.39 Å². The van der Waals surface area contributed by atoms with Crippen LogP contribution in [-0.2, 0) is 6.54 Å². The maximum Gasteiger partial charge on any atom is 0.151 e. The molecular weight excluding hydrogens is 229 g/mol. The highest BCUT2D eigenvalue weighted by molar-refractivity contribution is 5.76. The van der Waals surface area contributed by atoms with Crippen molar-refractivity contribution < 1.29 is 4.39 Å². The van der Waals surface area contributed by atoms with Crippen molar-refractivity contribution in [2.24, 2.45) is 0 Å². The minimum atomic E-state index is -0.221. The molecule has 1 saturated heterocycles. The molecule has 1 aromatic heterocycles. The lowest BCUT2D eigenvalue weighted by Crippen LogP contribution is -2.18. The Kier molecular flexibility index (Phi) is 3.04. The highest BCUT2D eigenvalue weighted by atomic mass is 19.1. The Balaban J connectivity index is 2.16. The summed E-state index contributed by atoms with van der Waals surface area (Å²) in [5.74, 6) is 0.774. The van der Waals surface area contributed by atoms with E-state index in [4.69, 9.17) is 0 Å². The van der Waals surface area contributed by atoms with E-state index >= 15 is 0 Å². The van der Waals surface area contributed by atoms with Gasteiger partial charge in [-0.2, -0.15) is 0 Å². The first-order chi connectivity index (χ1) is 8.81. The lowest BCUT2D eigenvalue weighted by molar-refractivity contribution is 0.549. The molecule has 1 aliphatic rings. The summed E-state index contributed by atoms with van der Waals surface area (Å²) in [5, 5.41) is 3.45. The molecule has 1 aromatic carbocycles. The Labute approximate surface area is 106 Å². The number of benzene rings is 1. The molecule has 1 aliphatic heterocycles. The third-order valence-electron chi connectivity index (χ3n) is 3.58. The van der Waals surface area contributed by atoms with Crippen LogP contribution in [0.25, 0.3) is 11.0 Å². The van der Waals surface area contributed by atoms with E-state index in [0.29, 0.717) is 5.52 Å². The van der Waals surface area contributed by atoms with Crippen molar-refractivity contribution in [1.29, 1.82) is 0 Å². The van der Waals surface area contributed by atoms with Crippen molar-refractivity contribution in [2.75, 3.05) is 6.54 Å². The average molecular weight is 247 g/mol. The molecule has 0 bridgehead atoms. The zero-order valence-electron chi connectivity index (χ0n) is 10.6. The molecule has 0 amide bonds. The van der Waals surface area contributed by atoms with Gasteiger partial charge < -0.3 is 9.88 Å². The van der Waals surface area contributed by atoms with Crippen LogP contribution in [0, 0.1) is 5.82 Å². The Morgan fingerprint density at radius 2 is 2.39 bits per heavy atom. The Morgan fingerprint density at radius 1 is 1.50 bits per heavy atom. The third kappa shape index (κ3) is 1.81. The second-order valence-corrected chi connectivity index (χ2v) is 4.88. The molecule has 0 radical (unpaired) electrons. The molecule has 1 unspecified atom stereocenters. The zero-order chi connectivity index (χ0) is 12.5. The van der Waals surface area contributed by atoms with Gasteiger partial charge in [-0.25, -0.2) is 9.37 Å². The summed E-state index contributed by atoms with van der Waals surface area (Å²) in [6.07, 6.45) is 3.29. The van der Waals surface area contributed by atoms with Gasteiger partial charge in [0.25, 0.3) is 0 Å². The van der Waals surface area contributed by atoms with Crippen molar-refractivity contribution in [3.05, 3.63) is 29.8 Å². The molecule has 0 spiro atoms. The van der Waals surface area contributed by atoms with Crippen LogP contribution in [-0.4, -0.2) is 16.1 Å². The first-order valence-electron chi connectivity index (χ1n) is 6.69. The number of rotatable bonds is 3. The molecule has 2 heterocycles. The molecule has 1 N–H and O–H groups in total. The minimum absolute atomic E-state index is 0.221. The first-order valence-corrected chi connectivity index (χ1v) is 6.69. The largest absolute Gasteiger partial charge is 0.327 e. The van der Waals surface area contributed by atoms with Gasteiger partial charge in [-0.05, 0) is 37.9 Å². The second-order valence-electron chi connectivity index (χ2n) is 4.88. The predicted octanol–water partition coefficient (Wildman–Crippen LogP) is 3.01. The number of hydrogen-bond acceptors (Lipinski definition) is 2. The van der Waals surface area contributed by atoms with E-state index in [2.05, 4.69) is 21.8 Å². The normalized spacial score (nSPS) is 19.8. The van der Waals surface area contributed by atoms with Gasteiger partial charge in [0.2, 0.25) is 0 Å².